The molecule has 1 heterocycles. The van der Waals surface area contributed by atoms with Gasteiger partial charge in [-0.25, -0.2) is 0 Å². The molecule has 2 nitrogen and oxygen atoms in total. The number of benzene rings is 1. The maximum atomic E-state index is 6.28. The van der Waals surface area contributed by atoms with Gasteiger partial charge in [0, 0.05) is 0 Å². The largest absolute Gasteiger partial charge is 0.495 e. The number of ether oxygens (including phenoxy) is 1. The van der Waals surface area contributed by atoms with Gasteiger partial charge < -0.3 is 10.1 Å². The Morgan fingerprint density at radius 1 is 1.35 bits per heavy atom. The first kappa shape index (κ1) is 12.7. The van der Waals surface area contributed by atoms with Crippen molar-refractivity contribution in [1.82, 2.24) is 5.32 Å². The highest BCUT2D eigenvalue weighted by atomic mass is 35.5. The van der Waals surface area contributed by atoms with Gasteiger partial charge in [-0.15, -0.1) is 0 Å². The second-order valence-corrected chi connectivity index (χ2v) is 4.95. The second-order valence-electron chi connectivity index (χ2n) is 4.57. The Kier molecular flexibility index (Phi) is 4.30. The van der Waals surface area contributed by atoms with Crippen molar-refractivity contribution in [3.05, 3.63) is 28.3 Å². The molecule has 0 bridgehead atoms. The van der Waals surface area contributed by atoms with Crippen molar-refractivity contribution in [2.24, 2.45) is 0 Å². The van der Waals surface area contributed by atoms with Gasteiger partial charge in [0.25, 0.3) is 0 Å². The lowest BCUT2D eigenvalue weighted by Gasteiger charge is -2.24. The monoisotopic (exact) mass is 253 g/mol. The van der Waals surface area contributed by atoms with Crippen molar-refractivity contribution in [1.29, 1.82) is 0 Å². The molecule has 0 radical (unpaired) electrons. The first-order chi connectivity index (χ1) is 8.26. The minimum atomic E-state index is 0.646. The van der Waals surface area contributed by atoms with E-state index in [9.17, 15) is 0 Å². The van der Waals surface area contributed by atoms with Crippen LogP contribution in [0.3, 0.4) is 0 Å². The Bertz CT molecular complexity index is 361. The first-order valence-corrected chi connectivity index (χ1v) is 6.71. The van der Waals surface area contributed by atoms with E-state index in [4.69, 9.17) is 16.3 Å². The lowest BCUT2D eigenvalue weighted by Crippen LogP contribution is -2.26. The molecule has 1 N–H and O–H groups in total. The minimum absolute atomic E-state index is 0.646. The van der Waals surface area contributed by atoms with Gasteiger partial charge in [-0.05, 0) is 55.5 Å². The van der Waals surface area contributed by atoms with E-state index in [0.717, 1.165) is 30.3 Å². The smallest absolute Gasteiger partial charge is 0.138 e. The highest BCUT2D eigenvalue weighted by molar-refractivity contribution is 6.32. The number of rotatable bonds is 3. The van der Waals surface area contributed by atoms with Crippen molar-refractivity contribution < 1.29 is 4.74 Å². The zero-order valence-corrected chi connectivity index (χ0v) is 11.3. The number of aryl methyl sites for hydroxylation is 1. The van der Waals surface area contributed by atoms with Gasteiger partial charge in [-0.1, -0.05) is 24.6 Å². The molecule has 17 heavy (non-hydrogen) atoms. The zero-order chi connectivity index (χ0) is 12.3. The predicted octanol–water partition coefficient (Wildman–Crippen LogP) is 3.38. The highest BCUT2D eigenvalue weighted by Crippen LogP contribution is 2.35. The summed E-state index contributed by atoms with van der Waals surface area (Å²) in [5.74, 6) is 1.47. The average Bonchev–Trinajstić information content (AvgIpc) is 2.40. The topological polar surface area (TPSA) is 21.3 Å². The summed E-state index contributed by atoms with van der Waals surface area (Å²) in [5, 5.41) is 4.17. The number of nitrogens with one attached hydrogen (secondary N) is 1. The summed E-state index contributed by atoms with van der Waals surface area (Å²) in [7, 11) is 1.69. The third kappa shape index (κ3) is 2.75. The molecular weight excluding hydrogens is 234 g/mol. The van der Waals surface area contributed by atoms with Crippen LogP contribution in [0.15, 0.2) is 12.1 Å². The number of piperidine rings is 1. The van der Waals surface area contributed by atoms with Crippen LogP contribution in [0, 0.1) is 0 Å². The molecular formula is C14H20ClNO. The van der Waals surface area contributed by atoms with Gasteiger partial charge in [0.15, 0.2) is 0 Å². The van der Waals surface area contributed by atoms with Crippen LogP contribution in [0.5, 0.6) is 5.75 Å². The summed E-state index contributed by atoms with van der Waals surface area (Å²) < 4.78 is 5.37. The molecule has 0 saturated carbocycles. The fourth-order valence-corrected chi connectivity index (χ4v) is 2.80. The van der Waals surface area contributed by atoms with Crippen LogP contribution in [-0.4, -0.2) is 20.2 Å². The van der Waals surface area contributed by atoms with Crippen LogP contribution in [0.4, 0.5) is 0 Å². The lowest BCUT2D eigenvalue weighted by molar-refractivity contribution is 0.411. The maximum Gasteiger partial charge on any atom is 0.138 e. The third-order valence-electron chi connectivity index (χ3n) is 3.55. The maximum absolute atomic E-state index is 6.28. The second kappa shape index (κ2) is 5.74. The summed E-state index contributed by atoms with van der Waals surface area (Å²) in [4.78, 5) is 0. The Morgan fingerprint density at radius 2 is 2.06 bits per heavy atom. The average molecular weight is 254 g/mol. The summed E-state index contributed by atoms with van der Waals surface area (Å²) >= 11 is 6.28. The van der Waals surface area contributed by atoms with Crippen molar-refractivity contribution in [2.45, 2.75) is 32.1 Å². The molecule has 0 spiro atoms. The van der Waals surface area contributed by atoms with Gasteiger partial charge in [-0.2, -0.15) is 0 Å². The van der Waals surface area contributed by atoms with Gasteiger partial charge >= 0.3 is 0 Å². The van der Waals surface area contributed by atoms with E-state index in [0.29, 0.717) is 5.92 Å². The fourth-order valence-electron chi connectivity index (χ4n) is 2.48. The van der Waals surface area contributed by atoms with Crippen LogP contribution in [0.25, 0.3) is 0 Å². The van der Waals surface area contributed by atoms with Crippen LogP contribution in [-0.2, 0) is 6.42 Å². The van der Waals surface area contributed by atoms with E-state index < -0.39 is 0 Å². The van der Waals surface area contributed by atoms with E-state index in [1.54, 1.807) is 7.11 Å². The summed E-state index contributed by atoms with van der Waals surface area (Å²) in [6.07, 6.45) is 3.36. The van der Waals surface area contributed by atoms with Gasteiger partial charge in [-0.3, -0.25) is 0 Å². The molecule has 3 heteroatoms. The van der Waals surface area contributed by atoms with Crippen molar-refractivity contribution in [3.8, 4) is 5.75 Å². The molecule has 2 rings (SSSR count). The first-order valence-electron chi connectivity index (χ1n) is 6.33. The molecule has 1 aromatic carbocycles. The van der Waals surface area contributed by atoms with E-state index in [1.165, 1.54) is 24.0 Å². The number of methoxy groups -OCH3 is 1. The Balaban J connectivity index is 2.33. The molecule has 1 aliphatic rings. The SMILES string of the molecule is CCc1cc(C2CCNCC2)cc(OC)c1Cl. The van der Waals surface area contributed by atoms with Crippen molar-refractivity contribution in [3.63, 3.8) is 0 Å². The molecule has 0 atom stereocenters. The third-order valence-corrected chi connectivity index (χ3v) is 3.98. The summed E-state index contributed by atoms with van der Waals surface area (Å²) in [5.41, 5.74) is 2.57. The van der Waals surface area contributed by atoms with Gasteiger partial charge in [0.05, 0.1) is 12.1 Å². The molecule has 1 aromatic rings. The Morgan fingerprint density at radius 3 is 2.65 bits per heavy atom. The van der Waals surface area contributed by atoms with Gasteiger partial charge in [0.2, 0.25) is 0 Å². The minimum Gasteiger partial charge on any atom is -0.495 e. The molecule has 1 fully saturated rings. The normalized spacial score (nSPS) is 17.1. The van der Waals surface area contributed by atoms with Crippen LogP contribution >= 0.6 is 11.6 Å². The lowest BCUT2D eigenvalue weighted by atomic mass is 9.89. The highest BCUT2D eigenvalue weighted by Gasteiger charge is 2.18. The summed E-state index contributed by atoms with van der Waals surface area (Å²) in [6.45, 7) is 4.35. The van der Waals surface area contributed by atoms with E-state index in [1.807, 2.05) is 0 Å². The molecule has 0 amide bonds. The van der Waals surface area contributed by atoms with E-state index in [2.05, 4.69) is 24.4 Å². The molecule has 1 saturated heterocycles. The molecule has 0 aromatic heterocycles. The van der Waals surface area contributed by atoms with Crippen LogP contribution in [0.1, 0.15) is 36.8 Å². The summed E-state index contributed by atoms with van der Waals surface area (Å²) in [6, 6.07) is 4.36. The number of hydrogen-bond acceptors (Lipinski definition) is 2. The fraction of sp³-hybridized carbons (Fsp3) is 0.571. The number of halogens is 1. The predicted molar refractivity (Wildman–Crippen MR) is 72.2 cm³/mol. The van der Waals surface area contributed by atoms with Crippen LogP contribution < -0.4 is 10.1 Å². The van der Waals surface area contributed by atoms with Gasteiger partial charge in [0.1, 0.15) is 5.75 Å². The van der Waals surface area contributed by atoms with E-state index in [-0.39, 0.29) is 0 Å². The molecule has 0 unspecified atom stereocenters. The zero-order valence-electron chi connectivity index (χ0n) is 10.6. The molecule has 0 aliphatic carbocycles. The molecule has 94 valence electrons. The van der Waals surface area contributed by atoms with E-state index >= 15 is 0 Å². The van der Waals surface area contributed by atoms with Crippen molar-refractivity contribution in [2.75, 3.05) is 20.2 Å². The van der Waals surface area contributed by atoms with Crippen LogP contribution in [0.2, 0.25) is 5.02 Å². The quantitative estimate of drug-likeness (QED) is 0.892. The Hall–Kier alpha value is -0.730. The number of hydrogen-bond donors (Lipinski definition) is 1. The van der Waals surface area contributed by atoms with Crippen molar-refractivity contribution >= 4 is 11.6 Å². The standard InChI is InChI=1S/C14H20ClNO/c1-3-10-8-12(9-13(17-2)14(10)15)11-4-6-16-7-5-11/h8-9,11,16H,3-7H2,1-2H3. The Labute approximate surface area is 108 Å². The molecule has 1 aliphatic heterocycles.